The predicted molar refractivity (Wildman–Crippen MR) is 85.9 cm³/mol. The van der Waals surface area contributed by atoms with Crippen LogP contribution in [-0.4, -0.2) is 16.2 Å². The average molecular weight is 298 g/mol. The summed E-state index contributed by atoms with van der Waals surface area (Å²) in [6.45, 7) is 0. The molecule has 0 bridgehead atoms. The number of ether oxygens (including phenoxy) is 1. The molecule has 5 heteroatoms. The Labute approximate surface area is 126 Å². The second-order valence-electron chi connectivity index (χ2n) is 4.70. The first kappa shape index (κ1) is 13.6. The minimum absolute atomic E-state index is 0.112. The third-order valence-electron chi connectivity index (χ3n) is 3.51. The fourth-order valence-corrected chi connectivity index (χ4v) is 2.65. The van der Waals surface area contributed by atoms with Crippen molar-refractivity contribution in [1.29, 1.82) is 0 Å². The van der Waals surface area contributed by atoms with Gasteiger partial charge in [0.2, 0.25) is 0 Å². The molecular weight excluding hydrogens is 284 g/mol. The molecule has 0 aliphatic carbocycles. The van der Waals surface area contributed by atoms with E-state index in [1.54, 1.807) is 7.11 Å². The van der Waals surface area contributed by atoms with Crippen molar-refractivity contribution < 1.29 is 4.74 Å². The van der Waals surface area contributed by atoms with Gasteiger partial charge in [-0.2, -0.15) is 0 Å². The number of benzene rings is 2. The Morgan fingerprint density at radius 1 is 1.05 bits per heavy atom. The highest BCUT2D eigenvalue weighted by Crippen LogP contribution is 2.16. The van der Waals surface area contributed by atoms with E-state index in [9.17, 15) is 4.79 Å². The van der Waals surface area contributed by atoms with Gasteiger partial charge >= 0.3 is 0 Å². The topological polar surface area (TPSA) is 36.2 Å². The number of fused-ring (bicyclic) bond motifs is 1. The minimum Gasteiger partial charge on any atom is -0.497 e. The molecule has 0 saturated carbocycles. The van der Waals surface area contributed by atoms with E-state index < -0.39 is 0 Å². The van der Waals surface area contributed by atoms with Gasteiger partial charge in [0.05, 0.1) is 23.7 Å². The summed E-state index contributed by atoms with van der Waals surface area (Å²) in [7, 11) is 3.47. The standard InChI is InChI=1S/C16H14N2O2S/c1-17-14-6-4-3-5-13(14)15(19)18(16(17)21)11-7-9-12(20-2)10-8-11/h3-10H,1-2H3. The maximum atomic E-state index is 12.7. The molecule has 0 aliphatic heterocycles. The first-order valence-corrected chi connectivity index (χ1v) is 6.89. The number of aryl methyl sites for hydroxylation is 1. The summed E-state index contributed by atoms with van der Waals surface area (Å²) >= 11 is 5.45. The molecule has 0 atom stereocenters. The molecule has 106 valence electrons. The molecule has 0 radical (unpaired) electrons. The minimum atomic E-state index is -0.112. The van der Waals surface area contributed by atoms with Crippen molar-refractivity contribution in [2.75, 3.05) is 7.11 Å². The van der Waals surface area contributed by atoms with E-state index in [1.807, 2.05) is 60.1 Å². The maximum Gasteiger partial charge on any atom is 0.266 e. The molecule has 21 heavy (non-hydrogen) atoms. The van der Waals surface area contributed by atoms with Crippen molar-refractivity contribution in [1.82, 2.24) is 9.13 Å². The van der Waals surface area contributed by atoms with E-state index in [4.69, 9.17) is 17.0 Å². The zero-order valence-electron chi connectivity index (χ0n) is 11.7. The molecular formula is C16H14N2O2S. The number of nitrogens with zero attached hydrogens (tertiary/aromatic N) is 2. The summed E-state index contributed by atoms with van der Waals surface area (Å²) in [5.41, 5.74) is 1.45. The van der Waals surface area contributed by atoms with Crippen molar-refractivity contribution >= 4 is 23.1 Å². The number of hydrogen-bond acceptors (Lipinski definition) is 3. The van der Waals surface area contributed by atoms with Crippen LogP contribution in [0.15, 0.2) is 53.3 Å². The van der Waals surface area contributed by atoms with E-state index in [1.165, 1.54) is 4.57 Å². The Morgan fingerprint density at radius 2 is 1.71 bits per heavy atom. The van der Waals surface area contributed by atoms with E-state index in [-0.39, 0.29) is 5.56 Å². The van der Waals surface area contributed by atoms with Gasteiger partial charge in [-0.1, -0.05) is 12.1 Å². The number of rotatable bonds is 2. The number of para-hydroxylation sites is 1. The van der Waals surface area contributed by atoms with Crippen LogP contribution in [0, 0.1) is 4.77 Å². The average Bonchev–Trinajstić information content (AvgIpc) is 2.53. The Bertz CT molecular complexity index is 924. The van der Waals surface area contributed by atoms with Crippen LogP contribution in [0.25, 0.3) is 16.6 Å². The number of hydrogen-bond donors (Lipinski definition) is 0. The molecule has 0 fully saturated rings. The van der Waals surface area contributed by atoms with Crippen LogP contribution < -0.4 is 10.3 Å². The lowest BCUT2D eigenvalue weighted by atomic mass is 10.2. The van der Waals surface area contributed by atoms with Gasteiger partial charge in [-0.15, -0.1) is 0 Å². The molecule has 3 rings (SSSR count). The normalized spacial score (nSPS) is 10.8. The van der Waals surface area contributed by atoms with Gasteiger partial charge in [0.25, 0.3) is 5.56 Å². The van der Waals surface area contributed by atoms with Gasteiger partial charge < -0.3 is 9.30 Å². The molecule has 2 aromatic carbocycles. The molecule has 0 amide bonds. The first-order valence-electron chi connectivity index (χ1n) is 6.48. The Balaban J connectivity index is 2.37. The molecule has 0 unspecified atom stereocenters. The van der Waals surface area contributed by atoms with Crippen LogP contribution >= 0.6 is 12.2 Å². The Hall–Kier alpha value is -2.40. The van der Waals surface area contributed by atoms with Gasteiger partial charge in [0.1, 0.15) is 5.75 Å². The molecule has 1 aromatic heterocycles. The summed E-state index contributed by atoms with van der Waals surface area (Å²) in [6.07, 6.45) is 0. The summed E-state index contributed by atoms with van der Waals surface area (Å²) in [4.78, 5) is 12.7. The molecule has 3 aromatic rings. The summed E-state index contributed by atoms with van der Waals surface area (Å²) < 4.78 is 8.99. The smallest absolute Gasteiger partial charge is 0.266 e. The van der Waals surface area contributed by atoms with Crippen LogP contribution in [-0.2, 0) is 7.05 Å². The van der Waals surface area contributed by atoms with E-state index in [0.29, 0.717) is 10.2 Å². The van der Waals surface area contributed by atoms with Crippen LogP contribution in [0.3, 0.4) is 0 Å². The summed E-state index contributed by atoms with van der Waals surface area (Å²) in [5, 5.41) is 0.643. The Morgan fingerprint density at radius 3 is 2.38 bits per heavy atom. The highest BCUT2D eigenvalue weighted by Gasteiger charge is 2.09. The van der Waals surface area contributed by atoms with Crippen molar-refractivity contribution in [2.24, 2.45) is 7.05 Å². The van der Waals surface area contributed by atoms with E-state index >= 15 is 0 Å². The Kier molecular flexibility index (Phi) is 3.35. The molecule has 4 nitrogen and oxygen atoms in total. The lowest BCUT2D eigenvalue weighted by Crippen LogP contribution is -2.23. The number of aromatic nitrogens is 2. The molecule has 0 saturated heterocycles. The molecule has 0 aliphatic rings. The first-order chi connectivity index (χ1) is 10.1. The summed E-state index contributed by atoms with van der Waals surface area (Å²) in [5.74, 6) is 0.739. The van der Waals surface area contributed by atoms with Gasteiger partial charge in [0.15, 0.2) is 4.77 Å². The van der Waals surface area contributed by atoms with Crippen molar-refractivity contribution in [3.05, 3.63) is 63.7 Å². The van der Waals surface area contributed by atoms with Crippen LogP contribution in [0.2, 0.25) is 0 Å². The van der Waals surface area contributed by atoms with Crippen molar-refractivity contribution in [2.45, 2.75) is 0 Å². The zero-order chi connectivity index (χ0) is 15.0. The predicted octanol–water partition coefficient (Wildman–Crippen LogP) is 3.07. The number of methoxy groups -OCH3 is 1. The quantitative estimate of drug-likeness (QED) is 0.682. The van der Waals surface area contributed by atoms with Crippen LogP contribution in [0.1, 0.15) is 0 Å². The SMILES string of the molecule is COc1ccc(-n2c(=O)c3ccccc3n(C)c2=S)cc1. The van der Waals surface area contributed by atoms with Crippen LogP contribution in [0.4, 0.5) is 0 Å². The zero-order valence-corrected chi connectivity index (χ0v) is 12.6. The van der Waals surface area contributed by atoms with Crippen LogP contribution in [0.5, 0.6) is 5.75 Å². The maximum absolute atomic E-state index is 12.7. The highest BCUT2D eigenvalue weighted by atomic mass is 32.1. The van der Waals surface area contributed by atoms with E-state index in [0.717, 1.165) is 17.0 Å². The fraction of sp³-hybridized carbons (Fsp3) is 0.125. The molecule has 1 heterocycles. The van der Waals surface area contributed by atoms with Gasteiger partial charge in [0, 0.05) is 7.05 Å². The largest absolute Gasteiger partial charge is 0.497 e. The van der Waals surface area contributed by atoms with Crippen molar-refractivity contribution in [3.63, 3.8) is 0 Å². The van der Waals surface area contributed by atoms with Gasteiger partial charge in [-0.3, -0.25) is 9.36 Å². The lowest BCUT2D eigenvalue weighted by molar-refractivity contribution is 0.414. The third-order valence-corrected chi connectivity index (χ3v) is 3.96. The van der Waals surface area contributed by atoms with Gasteiger partial charge in [-0.25, -0.2) is 0 Å². The molecule has 0 spiro atoms. The second-order valence-corrected chi connectivity index (χ2v) is 5.06. The monoisotopic (exact) mass is 298 g/mol. The summed E-state index contributed by atoms with van der Waals surface area (Å²) in [6, 6.07) is 14.7. The van der Waals surface area contributed by atoms with Gasteiger partial charge in [-0.05, 0) is 48.6 Å². The molecule has 0 N–H and O–H groups in total. The second kappa shape index (κ2) is 5.18. The highest BCUT2D eigenvalue weighted by molar-refractivity contribution is 7.71. The van der Waals surface area contributed by atoms with E-state index in [2.05, 4.69) is 0 Å². The fourth-order valence-electron chi connectivity index (χ4n) is 2.37. The lowest BCUT2D eigenvalue weighted by Gasteiger charge is -2.12. The third kappa shape index (κ3) is 2.15. The van der Waals surface area contributed by atoms with Crippen molar-refractivity contribution in [3.8, 4) is 11.4 Å².